The second kappa shape index (κ2) is 7.88. The Morgan fingerprint density at radius 2 is 2.07 bits per heavy atom. The van der Waals surface area contributed by atoms with Gasteiger partial charge >= 0.3 is 0 Å². The Morgan fingerprint density at radius 1 is 1.31 bits per heavy atom. The molecule has 2 heterocycles. The highest BCUT2D eigenvalue weighted by Gasteiger charge is 2.27. The number of nitrogens with zero attached hydrogens (tertiary/aromatic N) is 3. The number of hydrogen-bond acceptors (Lipinski definition) is 6. The zero-order valence-corrected chi connectivity index (χ0v) is 17.1. The minimum absolute atomic E-state index is 0.0353. The summed E-state index contributed by atoms with van der Waals surface area (Å²) in [6.45, 7) is 5.17. The lowest BCUT2D eigenvalue weighted by molar-refractivity contribution is -0.384. The van der Waals surface area contributed by atoms with Crippen LogP contribution in [-0.2, 0) is 4.74 Å². The average molecular weight is 411 g/mol. The van der Waals surface area contributed by atoms with Crippen molar-refractivity contribution in [1.29, 1.82) is 0 Å². The van der Waals surface area contributed by atoms with E-state index in [0.717, 1.165) is 34.2 Å². The number of aromatic nitrogens is 1. The van der Waals surface area contributed by atoms with E-state index in [9.17, 15) is 14.9 Å². The molecular weight excluding hydrogens is 390 g/mol. The van der Waals surface area contributed by atoms with Crippen LogP contribution in [0.1, 0.15) is 34.3 Å². The van der Waals surface area contributed by atoms with Gasteiger partial charge in [0.2, 0.25) is 0 Å². The van der Waals surface area contributed by atoms with Crippen LogP contribution in [-0.4, -0.2) is 35.1 Å². The SMILES string of the molecule is Cc1cc(C)c2sc(N(CC3CCCO3)C(=O)c3ccc([N+](=O)[O-])cc3)nc2c1. The zero-order chi connectivity index (χ0) is 20.5. The van der Waals surface area contributed by atoms with Crippen molar-refractivity contribution in [2.45, 2.75) is 32.8 Å². The van der Waals surface area contributed by atoms with Crippen LogP contribution in [0.3, 0.4) is 0 Å². The Bertz CT molecular complexity index is 1070. The Hall–Kier alpha value is -2.84. The molecule has 0 aliphatic carbocycles. The summed E-state index contributed by atoms with van der Waals surface area (Å²) in [6.07, 6.45) is 1.84. The molecule has 150 valence electrons. The summed E-state index contributed by atoms with van der Waals surface area (Å²) in [5, 5.41) is 11.5. The van der Waals surface area contributed by atoms with E-state index >= 15 is 0 Å². The standard InChI is InChI=1S/C21H21N3O4S/c1-13-10-14(2)19-18(11-13)22-21(29-19)23(12-17-4-3-9-28-17)20(25)15-5-7-16(8-6-15)24(26)27/h5-8,10-11,17H,3-4,9,12H2,1-2H3. The number of amides is 1. The molecule has 0 N–H and O–H groups in total. The van der Waals surface area contributed by atoms with Crippen LogP contribution in [0.5, 0.6) is 0 Å². The molecule has 4 rings (SSSR count). The topological polar surface area (TPSA) is 85.6 Å². The van der Waals surface area contributed by atoms with Crippen LogP contribution in [0, 0.1) is 24.0 Å². The normalized spacial score (nSPS) is 16.3. The van der Waals surface area contributed by atoms with Gasteiger partial charge in [0, 0.05) is 24.3 Å². The number of carbonyl (C=O) groups is 1. The molecule has 7 nitrogen and oxygen atoms in total. The minimum atomic E-state index is -0.475. The number of thiazole rings is 1. The molecular formula is C21H21N3O4S. The predicted molar refractivity (Wildman–Crippen MR) is 113 cm³/mol. The molecule has 1 unspecified atom stereocenters. The summed E-state index contributed by atoms with van der Waals surface area (Å²) in [5.74, 6) is -0.233. The van der Waals surface area contributed by atoms with Crippen molar-refractivity contribution >= 4 is 38.3 Å². The number of ether oxygens (including phenoxy) is 1. The van der Waals surface area contributed by atoms with Gasteiger partial charge in [-0.05, 0) is 56.0 Å². The maximum atomic E-state index is 13.3. The highest BCUT2D eigenvalue weighted by molar-refractivity contribution is 7.22. The first-order chi connectivity index (χ1) is 13.9. The summed E-state index contributed by atoms with van der Waals surface area (Å²) in [4.78, 5) is 30.1. The molecule has 3 aromatic rings. The number of hydrogen-bond donors (Lipinski definition) is 0. The molecule has 29 heavy (non-hydrogen) atoms. The van der Waals surface area contributed by atoms with Crippen LogP contribution >= 0.6 is 11.3 Å². The van der Waals surface area contributed by atoms with Gasteiger partial charge in [-0.3, -0.25) is 19.8 Å². The predicted octanol–water partition coefficient (Wildman–Crippen LogP) is 4.65. The van der Waals surface area contributed by atoms with Gasteiger partial charge in [-0.15, -0.1) is 0 Å². The van der Waals surface area contributed by atoms with Crippen molar-refractivity contribution in [2.24, 2.45) is 0 Å². The van der Waals surface area contributed by atoms with E-state index in [1.165, 1.54) is 35.6 Å². The Labute approximate surface area is 172 Å². The van der Waals surface area contributed by atoms with Crippen molar-refractivity contribution in [3.8, 4) is 0 Å². The average Bonchev–Trinajstić information content (AvgIpc) is 3.35. The number of non-ortho nitro benzene ring substituents is 1. The summed E-state index contributed by atoms with van der Waals surface area (Å²) in [7, 11) is 0. The van der Waals surface area contributed by atoms with E-state index in [4.69, 9.17) is 9.72 Å². The minimum Gasteiger partial charge on any atom is -0.376 e. The molecule has 1 aliphatic heterocycles. The molecule has 0 radical (unpaired) electrons. The van der Waals surface area contributed by atoms with Gasteiger partial charge in [-0.2, -0.15) is 0 Å². The van der Waals surface area contributed by atoms with Crippen molar-refractivity contribution < 1.29 is 14.5 Å². The fourth-order valence-corrected chi connectivity index (χ4v) is 4.63. The number of fused-ring (bicyclic) bond motifs is 1. The van der Waals surface area contributed by atoms with Crippen LogP contribution in [0.25, 0.3) is 10.2 Å². The van der Waals surface area contributed by atoms with E-state index in [2.05, 4.69) is 6.07 Å². The van der Waals surface area contributed by atoms with Gasteiger partial charge in [0.05, 0.1) is 27.8 Å². The molecule has 1 fully saturated rings. The van der Waals surface area contributed by atoms with Gasteiger partial charge in [-0.1, -0.05) is 17.4 Å². The third-order valence-corrected chi connectivity index (χ3v) is 6.25. The van der Waals surface area contributed by atoms with E-state index < -0.39 is 4.92 Å². The summed E-state index contributed by atoms with van der Waals surface area (Å²) >= 11 is 1.49. The fourth-order valence-electron chi connectivity index (χ4n) is 3.60. The Balaban J connectivity index is 1.72. The van der Waals surface area contributed by atoms with Crippen LogP contribution in [0.15, 0.2) is 36.4 Å². The zero-order valence-electron chi connectivity index (χ0n) is 16.3. The lowest BCUT2D eigenvalue weighted by Gasteiger charge is -2.23. The van der Waals surface area contributed by atoms with Crippen molar-refractivity contribution in [3.05, 3.63) is 63.2 Å². The van der Waals surface area contributed by atoms with Gasteiger partial charge in [0.25, 0.3) is 11.6 Å². The number of nitro groups is 1. The first-order valence-electron chi connectivity index (χ1n) is 9.48. The third-order valence-electron chi connectivity index (χ3n) is 5.02. The smallest absolute Gasteiger partial charge is 0.269 e. The molecule has 8 heteroatoms. The quantitative estimate of drug-likeness (QED) is 0.451. The molecule has 1 atom stereocenters. The van der Waals surface area contributed by atoms with Crippen LogP contribution < -0.4 is 4.90 Å². The fraction of sp³-hybridized carbons (Fsp3) is 0.333. The van der Waals surface area contributed by atoms with E-state index in [1.807, 2.05) is 19.9 Å². The molecule has 1 aromatic heterocycles. The van der Waals surface area contributed by atoms with Gasteiger partial charge in [0.1, 0.15) is 0 Å². The van der Waals surface area contributed by atoms with E-state index in [-0.39, 0.29) is 17.7 Å². The molecule has 2 aromatic carbocycles. The van der Waals surface area contributed by atoms with Crippen molar-refractivity contribution in [2.75, 3.05) is 18.1 Å². The highest BCUT2D eigenvalue weighted by Crippen LogP contribution is 2.33. The van der Waals surface area contributed by atoms with Gasteiger partial charge in [0.15, 0.2) is 5.13 Å². The van der Waals surface area contributed by atoms with E-state index in [1.54, 1.807) is 4.90 Å². The second-order valence-corrected chi connectivity index (χ2v) is 8.26. The maximum absolute atomic E-state index is 13.3. The molecule has 0 spiro atoms. The van der Waals surface area contributed by atoms with E-state index in [0.29, 0.717) is 23.8 Å². The number of anilines is 1. The Kier molecular flexibility index (Phi) is 5.29. The van der Waals surface area contributed by atoms with Gasteiger partial charge < -0.3 is 4.74 Å². The molecule has 0 saturated carbocycles. The molecule has 1 saturated heterocycles. The summed E-state index contributed by atoms with van der Waals surface area (Å²) in [6, 6.07) is 9.81. The number of nitro benzene ring substituents is 1. The maximum Gasteiger partial charge on any atom is 0.269 e. The summed E-state index contributed by atoms with van der Waals surface area (Å²) < 4.78 is 6.81. The van der Waals surface area contributed by atoms with Crippen molar-refractivity contribution in [1.82, 2.24) is 4.98 Å². The Morgan fingerprint density at radius 3 is 2.72 bits per heavy atom. The number of carbonyl (C=O) groups excluding carboxylic acids is 1. The lowest BCUT2D eigenvalue weighted by Crippen LogP contribution is -2.37. The highest BCUT2D eigenvalue weighted by atomic mass is 32.1. The number of rotatable bonds is 5. The first kappa shape index (κ1) is 19.5. The summed E-state index contributed by atoms with van der Waals surface area (Å²) in [5.41, 5.74) is 3.47. The number of benzene rings is 2. The monoisotopic (exact) mass is 411 g/mol. The second-order valence-electron chi connectivity index (χ2n) is 7.28. The third kappa shape index (κ3) is 3.99. The van der Waals surface area contributed by atoms with Crippen LogP contribution in [0.2, 0.25) is 0 Å². The van der Waals surface area contributed by atoms with Crippen molar-refractivity contribution in [3.63, 3.8) is 0 Å². The molecule has 1 amide bonds. The lowest BCUT2D eigenvalue weighted by atomic mass is 10.1. The molecule has 1 aliphatic rings. The van der Waals surface area contributed by atoms with Gasteiger partial charge in [-0.25, -0.2) is 4.98 Å². The number of aryl methyl sites for hydroxylation is 2. The first-order valence-corrected chi connectivity index (χ1v) is 10.3. The van der Waals surface area contributed by atoms with Crippen LogP contribution in [0.4, 0.5) is 10.8 Å². The molecule has 0 bridgehead atoms. The largest absolute Gasteiger partial charge is 0.376 e.